The number of hydrogen-bond acceptors (Lipinski definition) is 4. The van der Waals surface area contributed by atoms with Gasteiger partial charge in [0.25, 0.3) is 0 Å². The van der Waals surface area contributed by atoms with Crippen LogP contribution in [0.4, 0.5) is 0 Å². The molecule has 0 spiro atoms. The number of hydrogen-bond donors (Lipinski definition) is 0. The average molecular weight is 248 g/mol. The summed E-state index contributed by atoms with van der Waals surface area (Å²) in [5.41, 5.74) is 0. The lowest BCUT2D eigenvalue weighted by Gasteiger charge is -2.34. The summed E-state index contributed by atoms with van der Waals surface area (Å²) in [6.45, 7) is 13.9. The van der Waals surface area contributed by atoms with Gasteiger partial charge >= 0.3 is 8.53 Å². The number of aliphatic imine (C=N–C) groups is 1. The summed E-state index contributed by atoms with van der Waals surface area (Å²) in [4.78, 5) is 4.06. The molecule has 1 atom stereocenters. The maximum absolute atomic E-state index is 5.65. The number of nitrogens with zero attached hydrogens (tertiary/aromatic N) is 2. The van der Waals surface area contributed by atoms with Gasteiger partial charge in [-0.05, 0) is 41.5 Å². The molecule has 0 rings (SSSR count). The van der Waals surface area contributed by atoms with Gasteiger partial charge < -0.3 is 9.05 Å². The minimum atomic E-state index is -1.03. The van der Waals surface area contributed by atoms with Crippen LogP contribution in [0.3, 0.4) is 0 Å². The summed E-state index contributed by atoms with van der Waals surface area (Å²) in [7, 11) is -1.03. The van der Waals surface area contributed by atoms with Crippen LogP contribution < -0.4 is 0 Å². The molecule has 0 aliphatic heterocycles. The molecule has 0 amide bonds. The standard InChI is InChI=1S/C11H25N2O2P/c1-7-12-9-15-16(14-8-2)13(10(3)4)11(5)6/h9-11H,7-8H2,1-6H3. The van der Waals surface area contributed by atoms with Gasteiger partial charge in [0.2, 0.25) is 0 Å². The zero-order chi connectivity index (χ0) is 12.6. The first-order chi connectivity index (χ1) is 7.54. The van der Waals surface area contributed by atoms with E-state index >= 15 is 0 Å². The molecule has 0 aromatic carbocycles. The second-order valence-corrected chi connectivity index (χ2v) is 5.34. The summed E-state index contributed by atoms with van der Waals surface area (Å²) in [6, 6.07) is 0.792. The van der Waals surface area contributed by atoms with Crippen LogP contribution in [-0.2, 0) is 9.05 Å². The molecular formula is C11H25N2O2P. The molecule has 96 valence electrons. The summed E-state index contributed by atoms with van der Waals surface area (Å²) in [6.07, 6.45) is 1.51. The highest BCUT2D eigenvalue weighted by Crippen LogP contribution is 2.44. The van der Waals surface area contributed by atoms with E-state index < -0.39 is 8.53 Å². The van der Waals surface area contributed by atoms with Crippen molar-refractivity contribution >= 4 is 14.9 Å². The maximum Gasteiger partial charge on any atom is 0.322 e. The van der Waals surface area contributed by atoms with E-state index in [4.69, 9.17) is 9.05 Å². The molecule has 0 heterocycles. The Balaban J connectivity index is 4.50. The van der Waals surface area contributed by atoms with E-state index in [1.165, 1.54) is 6.40 Å². The highest BCUT2D eigenvalue weighted by Gasteiger charge is 2.27. The molecule has 16 heavy (non-hydrogen) atoms. The van der Waals surface area contributed by atoms with Gasteiger partial charge in [-0.3, -0.25) is 4.99 Å². The predicted molar refractivity (Wildman–Crippen MR) is 70.8 cm³/mol. The van der Waals surface area contributed by atoms with Crippen LogP contribution in [-0.4, -0.2) is 36.3 Å². The first kappa shape index (κ1) is 15.8. The Kier molecular flexibility index (Phi) is 8.81. The van der Waals surface area contributed by atoms with Crippen molar-refractivity contribution in [2.75, 3.05) is 13.2 Å². The first-order valence-corrected chi connectivity index (χ1v) is 7.03. The fourth-order valence-corrected chi connectivity index (χ4v) is 2.81. The third-order valence-corrected chi connectivity index (χ3v) is 3.94. The highest BCUT2D eigenvalue weighted by molar-refractivity contribution is 7.45. The molecule has 5 heteroatoms. The molecule has 0 aliphatic carbocycles. The second-order valence-electron chi connectivity index (χ2n) is 3.93. The Morgan fingerprint density at radius 2 is 1.75 bits per heavy atom. The van der Waals surface area contributed by atoms with Crippen molar-refractivity contribution in [3.63, 3.8) is 0 Å². The van der Waals surface area contributed by atoms with Gasteiger partial charge in [-0.25, -0.2) is 4.67 Å². The van der Waals surface area contributed by atoms with Crippen LogP contribution in [0.25, 0.3) is 0 Å². The Bertz CT molecular complexity index is 190. The quantitative estimate of drug-likeness (QED) is 0.375. The van der Waals surface area contributed by atoms with Crippen molar-refractivity contribution in [3.05, 3.63) is 0 Å². The average Bonchev–Trinajstić information content (AvgIpc) is 2.17. The van der Waals surface area contributed by atoms with Crippen LogP contribution >= 0.6 is 8.53 Å². The highest BCUT2D eigenvalue weighted by atomic mass is 31.2. The normalized spacial score (nSPS) is 14.3. The van der Waals surface area contributed by atoms with Crippen LogP contribution in [0.1, 0.15) is 41.5 Å². The van der Waals surface area contributed by atoms with Crippen molar-refractivity contribution in [2.45, 2.75) is 53.6 Å². The zero-order valence-corrected chi connectivity index (χ0v) is 12.2. The Hall–Kier alpha value is -0.180. The largest absolute Gasteiger partial charge is 0.425 e. The Morgan fingerprint density at radius 1 is 1.19 bits per heavy atom. The van der Waals surface area contributed by atoms with Crippen LogP contribution in [0.5, 0.6) is 0 Å². The van der Waals surface area contributed by atoms with E-state index in [1.807, 2.05) is 13.8 Å². The van der Waals surface area contributed by atoms with Crippen molar-refractivity contribution in [3.8, 4) is 0 Å². The summed E-state index contributed by atoms with van der Waals surface area (Å²) < 4.78 is 13.5. The fourth-order valence-electron chi connectivity index (χ4n) is 1.38. The molecule has 0 bridgehead atoms. The Labute approximate surface area is 101 Å². The SMILES string of the molecule is CCN=COP(OCC)N(C(C)C)C(C)C. The lowest BCUT2D eigenvalue weighted by Crippen LogP contribution is -2.33. The smallest absolute Gasteiger partial charge is 0.322 e. The van der Waals surface area contributed by atoms with E-state index in [1.54, 1.807) is 0 Å². The molecule has 0 fully saturated rings. The van der Waals surface area contributed by atoms with Gasteiger partial charge in [0, 0.05) is 18.6 Å². The molecule has 0 aromatic heterocycles. The maximum atomic E-state index is 5.65. The molecule has 0 aliphatic rings. The molecule has 0 N–H and O–H groups in total. The van der Waals surface area contributed by atoms with Gasteiger partial charge in [-0.2, -0.15) is 0 Å². The van der Waals surface area contributed by atoms with E-state index in [2.05, 4.69) is 37.4 Å². The zero-order valence-electron chi connectivity index (χ0n) is 11.3. The molecule has 4 nitrogen and oxygen atoms in total. The van der Waals surface area contributed by atoms with E-state index in [9.17, 15) is 0 Å². The molecule has 0 aromatic rings. The van der Waals surface area contributed by atoms with Gasteiger partial charge in [-0.15, -0.1) is 0 Å². The van der Waals surface area contributed by atoms with Crippen molar-refractivity contribution in [2.24, 2.45) is 4.99 Å². The third kappa shape index (κ3) is 5.78. The summed E-state index contributed by atoms with van der Waals surface area (Å²) >= 11 is 0. The monoisotopic (exact) mass is 248 g/mol. The van der Waals surface area contributed by atoms with Gasteiger partial charge in [0.15, 0.2) is 6.40 Å². The van der Waals surface area contributed by atoms with Crippen LogP contribution in [0.2, 0.25) is 0 Å². The lowest BCUT2D eigenvalue weighted by atomic mass is 10.3. The van der Waals surface area contributed by atoms with Gasteiger partial charge in [-0.1, -0.05) is 0 Å². The minimum Gasteiger partial charge on any atom is -0.425 e. The summed E-state index contributed by atoms with van der Waals surface area (Å²) in [5, 5.41) is 0. The fraction of sp³-hybridized carbons (Fsp3) is 0.909. The second kappa shape index (κ2) is 8.91. The molecule has 0 saturated heterocycles. The van der Waals surface area contributed by atoms with Crippen molar-refractivity contribution < 1.29 is 9.05 Å². The van der Waals surface area contributed by atoms with E-state index in [0.717, 1.165) is 6.54 Å². The van der Waals surface area contributed by atoms with E-state index in [0.29, 0.717) is 18.7 Å². The molecular weight excluding hydrogens is 223 g/mol. The third-order valence-electron chi connectivity index (χ3n) is 1.88. The van der Waals surface area contributed by atoms with Crippen LogP contribution in [0.15, 0.2) is 4.99 Å². The topological polar surface area (TPSA) is 34.1 Å². The lowest BCUT2D eigenvalue weighted by molar-refractivity contribution is 0.223. The molecule has 1 unspecified atom stereocenters. The van der Waals surface area contributed by atoms with Crippen molar-refractivity contribution in [1.29, 1.82) is 0 Å². The summed E-state index contributed by atoms with van der Waals surface area (Å²) in [5.74, 6) is 0. The first-order valence-electron chi connectivity index (χ1n) is 5.90. The van der Waals surface area contributed by atoms with Gasteiger partial charge in [0.05, 0.1) is 6.61 Å². The van der Waals surface area contributed by atoms with Gasteiger partial charge in [0.1, 0.15) is 0 Å². The predicted octanol–water partition coefficient (Wildman–Crippen LogP) is 3.43. The number of rotatable bonds is 8. The van der Waals surface area contributed by atoms with Crippen LogP contribution in [0, 0.1) is 0 Å². The minimum absolute atomic E-state index is 0.396. The molecule has 0 radical (unpaired) electrons. The van der Waals surface area contributed by atoms with E-state index in [-0.39, 0.29) is 0 Å². The molecule has 0 saturated carbocycles. The van der Waals surface area contributed by atoms with Crippen molar-refractivity contribution in [1.82, 2.24) is 4.67 Å². The Morgan fingerprint density at radius 3 is 2.12 bits per heavy atom.